The monoisotopic (exact) mass is 329 g/mol. The highest BCUT2D eigenvalue weighted by Gasteiger charge is 2.17. The molecule has 2 N–H and O–H groups in total. The normalized spacial score (nSPS) is 14.2. The number of primary amides is 1. The fourth-order valence-electron chi connectivity index (χ4n) is 2.74. The van der Waals surface area contributed by atoms with Crippen LogP contribution in [0.1, 0.15) is 33.7 Å². The minimum absolute atomic E-state index is 0.104. The average molecular weight is 329 g/mol. The number of hydrogen-bond acceptors (Lipinski definition) is 4. The zero-order valence-electron chi connectivity index (χ0n) is 13.1. The molecule has 124 valence electrons. The summed E-state index contributed by atoms with van der Waals surface area (Å²) in [6, 6.07) is 1.49. The lowest BCUT2D eigenvalue weighted by molar-refractivity contribution is 0.0594. The van der Waals surface area contributed by atoms with Crippen molar-refractivity contribution in [2.75, 3.05) is 7.11 Å². The van der Waals surface area contributed by atoms with Crippen LogP contribution in [0.5, 0.6) is 0 Å². The number of fused-ring (bicyclic) bond motifs is 1. The first-order chi connectivity index (χ1) is 11.5. The molecule has 0 spiro atoms. The molecule has 0 aliphatic heterocycles. The van der Waals surface area contributed by atoms with Gasteiger partial charge >= 0.3 is 5.97 Å². The van der Waals surface area contributed by atoms with E-state index in [2.05, 4.69) is 9.72 Å². The van der Waals surface area contributed by atoms with Crippen LogP contribution in [0.15, 0.2) is 42.0 Å². The third-order valence-electron chi connectivity index (χ3n) is 3.99. The van der Waals surface area contributed by atoms with Crippen molar-refractivity contribution in [1.29, 1.82) is 0 Å². The molecule has 1 aliphatic carbocycles. The maximum atomic E-state index is 13.1. The van der Waals surface area contributed by atoms with Gasteiger partial charge in [0.15, 0.2) is 0 Å². The molecule has 0 radical (unpaired) electrons. The number of nitrogens with two attached hydrogens (primary N) is 1. The van der Waals surface area contributed by atoms with Gasteiger partial charge in [0.05, 0.1) is 24.4 Å². The van der Waals surface area contributed by atoms with Crippen LogP contribution >= 0.6 is 0 Å². The third-order valence-corrected chi connectivity index (χ3v) is 3.99. The van der Waals surface area contributed by atoms with Gasteiger partial charge in [0.25, 0.3) is 5.91 Å². The van der Waals surface area contributed by atoms with Gasteiger partial charge in [-0.3, -0.25) is 4.79 Å². The van der Waals surface area contributed by atoms with E-state index in [0.717, 1.165) is 5.57 Å². The van der Waals surface area contributed by atoms with E-state index in [4.69, 9.17) is 5.73 Å². The van der Waals surface area contributed by atoms with E-state index in [1.54, 1.807) is 12.3 Å². The van der Waals surface area contributed by atoms with Gasteiger partial charge in [-0.2, -0.15) is 0 Å². The van der Waals surface area contributed by atoms with Gasteiger partial charge in [-0.25, -0.2) is 14.2 Å². The first-order valence-corrected chi connectivity index (χ1v) is 7.40. The van der Waals surface area contributed by atoms with Crippen molar-refractivity contribution in [2.24, 2.45) is 5.73 Å². The van der Waals surface area contributed by atoms with Crippen LogP contribution in [-0.4, -0.2) is 28.5 Å². The number of pyridine rings is 1. The zero-order valence-corrected chi connectivity index (χ0v) is 13.1. The van der Waals surface area contributed by atoms with E-state index in [0.29, 0.717) is 35.9 Å². The Labute approximate surface area is 137 Å². The van der Waals surface area contributed by atoms with Crippen molar-refractivity contribution in [2.45, 2.75) is 19.4 Å². The Kier molecular flexibility index (Phi) is 4.16. The Morgan fingerprint density at radius 3 is 2.79 bits per heavy atom. The molecule has 0 atom stereocenters. The smallest absolute Gasteiger partial charge is 0.356 e. The standard InChI is InChI=1S/C17H16FN3O3/c1-24-17(23)14-6-12-13(16(19)22)9-21(15(12)7-20-14)8-10-2-4-11(18)5-3-10/h2,4,6-7,9H,3,5,8H2,1H3,(H2,19,22). The van der Waals surface area contributed by atoms with Gasteiger partial charge in [0.1, 0.15) is 11.5 Å². The number of halogens is 1. The van der Waals surface area contributed by atoms with Crippen LogP contribution in [0.3, 0.4) is 0 Å². The molecule has 1 amide bonds. The first-order valence-electron chi connectivity index (χ1n) is 7.40. The van der Waals surface area contributed by atoms with Crippen LogP contribution in [-0.2, 0) is 11.3 Å². The SMILES string of the molecule is COC(=O)c1cc2c(C(N)=O)cn(CC3=CC=C(F)CC3)c2cn1. The number of esters is 1. The van der Waals surface area contributed by atoms with Crippen molar-refractivity contribution < 1.29 is 18.7 Å². The molecule has 3 rings (SSSR count). The van der Waals surface area contributed by atoms with Crippen molar-refractivity contribution in [3.63, 3.8) is 0 Å². The Morgan fingerprint density at radius 2 is 2.17 bits per heavy atom. The van der Waals surface area contributed by atoms with Gasteiger partial charge in [0, 0.05) is 24.5 Å². The largest absolute Gasteiger partial charge is 0.464 e. The molecule has 6 nitrogen and oxygen atoms in total. The minimum atomic E-state index is -0.593. The fourth-order valence-corrected chi connectivity index (χ4v) is 2.74. The molecule has 0 fully saturated rings. The summed E-state index contributed by atoms with van der Waals surface area (Å²) in [6.07, 6.45) is 7.32. The second kappa shape index (κ2) is 6.27. The molecule has 0 aromatic carbocycles. The van der Waals surface area contributed by atoms with Gasteiger partial charge < -0.3 is 15.0 Å². The number of amides is 1. The van der Waals surface area contributed by atoms with Crippen LogP contribution in [0, 0.1) is 0 Å². The summed E-state index contributed by atoms with van der Waals surface area (Å²) in [5.41, 5.74) is 7.55. The summed E-state index contributed by atoms with van der Waals surface area (Å²) in [6.45, 7) is 0.493. The molecule has 24 heavy (non-hydrogen) atoms. The number of allylic oxidation sites excluding steroid dienone is 4. The molecular weight excluding hydrogens is 313 g/mol. The molecule has 2 heterocycles. The summed E-state index contributed by atoms with van der Waals surface area (Å²) in [5.74, 6) is -1.32. The molecule has 2 aromatic heterocycles. The number of carbonyl (C=O) groups is 2. The van der Waals surface area contributed by atoms with E-state index in [1.165, 1.54) is 25.4 Å². The number of hydrogen-bond donors (Lipinski definition) is 1. The van der Waals surface area contributed by atoms with E-state index >= 15 is 0 Å². The van der Waals surface area contributed by atoms with E-state index < -0.39 is 11.9 Å². The maximum Gasteiger partial charge on any atom is 0.356 e. The Hall–Kier alpha value is -2.96. The second-order valence-electron chi connectivity index (χ2n) is 5.55. The summed E-state index contributed by atoms with van der Waals surface area (Å²) in [5, 5.41) is 0.538. The lowest BCUT2D eigenvalue weighted by Gasteiger charge is -2.12. The van der Waals surface area contributed by atoms with Crippen molar-refractivity contribution in [3.8, 4) is 0 Å². The number of carbonyl (C=O) groups excluding carboxylic acids is 2. The lowest BCUT2D eigenvalue weighted by atomic mass is 10.0. The number of rotatable bonds is 4. The molecule has 0 saturated carbocycles. The van der Waals surface area contributed by atoms with E-state index in [-0.39, 0.29) is 11.5 Å². The lowest BCUT2D eigenvalue weighted by Crippen LogP contribution is -2.10. The topological polar surface area (TPSA) is 87.2 Å². The molecule has 2 aromatic rings. The van der Waals surface area contributed by atoms with Gasteiger partial charge in [-0.1, -0.05) is 11.6 Å². The molecule has 0 bridgehead atoms. The molecule has 1 aliphatic rings. The second-order valence-corrected chi connectivity index (χ2v) is 5.55. The van der Waals surface area contributed by atoms with Crippen molar-refractivity contribution in [3.05, 3.63) is 53.3 Å². The maximum absolute atomic E-state index is 13.1. The van der Waals surface area contributed by atoms with E-state index in [9.17, 15) is 14.0 Å². The first kappa shape index (κ1) is 15.9. The van der Waals surface area contributed by atoms with E-state index in [1.807, 2.05) is 4.57 Å². The zero-order chi connectivity index (χ0) is 17.3. The highest BCUT2D eigenvalue weighted by atomic mass is 19.1. The Morgan fingerprint density at radius 1 is 1.38 bits per heavy atom. The fraction of sp³-hybridized carbons (Fsp3) is 0.235. The third kappa shape index (κ3) is 2.92. The van der Waals surface area contributed by atoms with Gasteiger partial charge in [0.2, 0.25) is 0 Å². The Bertz CT molecular complexity index is 896. The molecule has 0 saturated heterocycles. The summed E-state index contributed by atoms with van der Waals surface area (Å²) in [4.78, 5) is 27.4. The summed E-state index contributed by atoms with van der Waals surface area (Å²) >= 11 is 0. The van der Waals surface area contributed by atoms with Crippen LogP contribution < -0.4 is 5.73 Å². The van der Waals surface area contributed by atoms with Gasteiger partial charge in [-0.15, -0.1) is 0 Å². The number of ether oxygens (including phenoxy) is 1. The highest BCUT2D eigenvalue weighted by Crippen LogP contribution is 2.26. The average Bonchev–Trinajstić information content (AvgIpc) is 2.94. The highest BCUT2D eigenvalue weighted by molar-refractivity contribution is 6.07. The van der Waals surface area contributed by atoms with Gasteiger partial charge in [-0.05, 0) is 18.6 Å². The number of aromatic nitrogens is 2. The van der Waals surface area contributed by atoms with Crippen LogP contribution in [0.4, 0.5) is 4.39 Å². The molecule has 0 unspecified atom stereocenters. The molecular formula is C17H16FN3O3. The minimum Gasteiger partial charge on any atom is -0.464 e. The summed E-state index contributed by atoms with van der Waals surface area (Å²) in [7, 11) is 1.26. The van der Waals surface area contributed by atoms with Crippen molar-refractivity contribution >= 4 is 22.8 Å². The quantitative estimate of drug-likeness (QED) is 0.873. The predicted molar refractivity (Wildman–Crippen MR) is 86.1 cm³/mol. The van der Waals surface area contributed by atoms with Crippen molar-refractivity contribution in [1.82, 2.24) is 9.55 Å². The number of methoxy groups -OCH3 is 1. The molecule has 7 heteroatoms. The van der Waals surface area contributed by atoms with Crippen LogP contribution in [0.2, 0.25) is 0 Å². The number of nitrogens with zero attached hydrogens (tertiary/aromatic N) is 2. The Balaban J connectivity index is 2.06. The summed E-state index contributed by atoms with van der Waals surface area (Å²) < 4.78 is 19.6. The van der Waals surface area contributed by atoms with Crippen LogP contribution in [0.25, 0.3) is 10.9 Å². The predicted octanol–water partition coefficient (Wildman–Crippen LogP) is 2.50.